The molecule has 1 atom stereocenters. The Bertz CT molecular complexity index is 1240. The van der Waals surface area contributed by atoms with Crippen LogP contribution in [0, 0.1) is 15.9 Å². The number of halogens is 2. The van der Waals surface area contributed by atoms with Crippen molar-refractivity contribution < 1.29 is 18.9 Å². The number of carbonyl (C=O) groups is 2. The molecule has 0 bridgehead atoms. The molecule has 0 saturated carbocycles. The van der Waals surface area contributed by atoms with Crippen molar-refractivity contribution >= 4 is 49.9 Å². The molecular formula is C22H21BrFN5O4. The standard InChI is InChI=1S/C22H21BrFN5O4/c1-3-15(28-22(31)18-11-26-9-12-6-14(24)4-5-16(12)18)10-27-20-17(21(30)25-2)7-13(23)8-19(20)29(32)33/h4-9,11,15,27H,3,10H2,1-2H3,(H,25,30)(H,28,31). The molecule has 2 aromatic carbocycles. The summed E-state index contributed by atoms with van der Waals surface area (Å²) in [4.78, 5) is 40.2. The molecular weight excluding hydrogens is 497 g/mol. The van der Waals surface area contributed by atoms with E-state index in [1.165, 1.54) is 49.8 Å². The fraction of sp³-hybridized carbons (Fsp3) is 0.227. The average Bonchev–Trinajstić information content (AvgIpc) is 2.80. The normalized spacial score (nSPS) is 11.6. The highest BCUT2D eigenvalue weighted by Gasteiger charge is 2.24. The molecule has 0 aliphatic carbocycles. The topological polar surface area (TPSA) is 126 Å². The summed E-state index contributed by atoms with van der Waals surface area (Å²) in [6, 6.07) is 6.44. The third-order valence-corrected chi connectivity index (χ3v) is 5.53. The number of carbonyl (C=O) groups excluding carboxylic acids is 2. The molecule has 3 N–H and O–H groups in total. The van der Waals surface area contributed by atoms with Gasteiger partial charge in [0, 0.05) is 48.0 Å². The number of benzene rings is 2. The van der Waals surface area contributed by atoms with E-state index in [2.05, 4.69) is 36.9 Å². The summed E-state index contributed by atoms with van der Waals surface area (Å²) in [6.07, 6.45) is 3.38. The minimum atomic E-state index is -0.583. The summed E-state index contributed by atoms with van der Waals surface area (Å²) in [7, 11) is 1.43. The highest BCUT2D eigenvalue weighted by molar-refractivity contribution is 9.10. The highest BCUT2D eigenvalue weighted by atomic mass is 79.9. The molecule has 2 amide bonds. The van der Waals surface area contributed by atoms with E-state index in [0.29, 0.717) is 21.7 Å². The quantitative estimate of drug-likeness (QED) is 0.306. The van der Waals surface area contributed by atoms with Crippen molar-refractivity contribution in [2.75, 3.05) is 18.9 Å². The monoisotopic (exact) mass is 517 g/mol. The summed E-state index contributed by atoms with van der Waals surface area (Å²) >= 11 is 3.19. The fourth-order valence-corrected chi connectivity index (χ4v) is 3.80. The number of hydrogen-bond acceptors (Lipinski definition) is 6. The second-order valence-corrected chi connectivity index (χ2v) is 8.11. The first-order valence-corrected chi connectivity index (χ1v) is 10.8. The Balaban J connectivity index is 1.84. The van der Waals surface area contributed by atoms with E-state index >= 15 is 0 Å². The number of nitro groups is 1. The second kappa shape index (κ2) is 10.3. The van der Waals surface area contributed by atoms with Crippen LogP contribution in [-0.2, 0) is 0 Å². The fourth-order valence-electron chi connectivity index (χ4n) is 3.35. The molecule has 0 radical (unpaired) electrons. The van der Waals surface area contributed by atoms with Gasteiger partial charge in [0.2, 0.25) is 0 Å². The maximum Gasteiger partial charge on any atom is 0.294 e. The van der Waals surface area contributed by atoms with Crippen molar-refractivity contribution in [3.63, 3.8) is 0 Å². The van der Waals surface area contributed by atoms with Crippen LogP contribution in [0.4, 0.5) is 15.8 Å². The van der Waals surface area contributed by atoms with Gasteiger partial charge in [0.05, 0.1) is 16.1 Å². The molecule has 0 saturated heterocycles. The lowest BCUT2D eigenvalue weighted by molar-refractivity contribution is -0.384. The van der Waals surface area contributed by atoms with E-state index < -0.39 is 28.6 Å². The Morgan fingerprint density at radius 1 is 1.18 bits per heavy atom. The summed E-state index contributed by atoms with van der Waals surface area (Å²) in [5.41, 5.74) is 0.161. The van der Waals surface area contributed by atoms with Gasteiger partial charge in [0.25, 0.3) is 17.5 Å². The van der Waals surface area contributed by atoms with E-state index in [1.807, 2.05) is 6.92 Å². The lowest BCUT2D eigenvalue weighted by Gasteiger charge is -2.20. The molecule has 3 rings (SSSR count). The molecule has 11 heteroatoms. The molecule has 3 aromatic rings. The van der Waals surface area contributed by atoms with Gasteiger partial charge in [-0.05, 0) is 30.0 Å². The zero-order valence-corrected chi connectivity index (χ0v) is 19.4. The average molecular weight is 518 g/mol. The van der Waals surface area contributed by atoms with Crippen LogP contribution in [0.3, 0.4) is 0 Å². The Morgan fingerprint density at radius 2 is 1.94 bits per heavy atom. The third kappa shape index (κ3) is 5.43. The van der Waals surface area contributed by atoms with Crippen molar-refractivity contribution in [3.8, 4) is 0 Å². The first-order chi connectivity index (χ1) is 15.7. The summed E-state index contributed by atoms with van der Waals surface area (Å²) in [5.74, 6) is -1.33. The summed E-state index contributed by atoms with van der Waals surface area (Å²) in [5, 5.41) is 20.9. The minimum absolute atomic E-state index is 0.0533. The number of nitrogens with zero attached hydrogens (tertiary/aromatic N) is 2. The number of anilines is 1. The van der Waals surface area contributed by atoms with E-state index in [-0.39, 0.29) is 29.0 Å². The Labute approximate surface area is 197 Å². The van der Waals surface area contributed by atoms with Crippen LogP contribution in [0.2, 0.25) is 0 Å². The Hall–Kier alpha value is -3.60. The van der Waals surface area contributed by atoms with E-state index in [4.69, 9.17) is 0 Å². The third-order valence-electron chi connectivity index (χ3n) is 5.07. The minimum Gasteiger partial charge on any atom is -0.377 e. The summed E-state index contributed by atoms with van der Waals surface area (Å²) in [6.45, 7) is 1.97. The maximum absolute atomic E-state index is 13.5. The number of rotatable bonds is 8. The van der Waals surface area contributed by atoms with Crippen LogP contribution in [0.1, 0.15) is 34.1 Å². The molecule has 0 spiro atoms. The zero-order chi connectivity index (χ0) is 24.1. The van der Waals surface area contributed by atoms with Gasteiger partial charge in [-0.15, -0.1) is 0 Å². The van der Waals surface area contributed by atoms with Crippen LogP contribution < -0.4 is 16.0 Å². The predicted octanol–water partition coefficient (Wildman–Crippen LogP) is 4.02. The lowest BCUT2D eigenvalue weighted by atomic mass is 10.1. The zero-order valence-electron chi connectivity index (χ0n) is 17.8. The number of nitrogens with one attached hydrogen (secondary N) is 3. The first kappa shape index (κ1) is 24.1. The number of amides is 2. The summed E-state index contributed by atoms with van der Waals surface area (Å²) < 4.78 is 13.9. The first-order valence-electron chi connectivity index (χ1n) is 10.0. The lowest BCUT2D eigenvalue weighted by Crippen LogP contribution is -2.39. The Kier molecular flexibility index (Phi) is 7.54. The van der Waals surface area contributed by atoms with Crippen LogP contribution >= 0.6 is 15.9 Å². The van der Waals surface area contributed by atoms with Crippen molar-refractivity contribution in [2.45, 2.75) is 19.4 Å². The second-order valence-electron chi connectivity index (χ2n) is 7.20. The van der Waals surface area contributed by atoms with Crippen LogP contribution in [0.25, 0.3) is 10.8 Å². The van der Waals surface area contributed by atoms with Gasteiger partial charge in [-0.25, -0.2) is 4.39 Å². The SMILES string of the molecule is CCC(CNc1c(C(=O)NC)cc(Br)cc1[N+](=O)[O-])NC(=O)c1cncc2cc(F)ccc12. The van der Waals surface area contributed by atoms with E-state index in [0.717, 1.165) is 0 Å². The van der Waals surface area contributed by atoms with Crippen molar-refractivity contribution in [1.29, 1.82) is 0 Å². The molecule has 0 fully saturated rings. The van der Waals surface area contributed by atoms with Crippen molar-refractivity contribution in [2.24, 2.45) is 0 Å². The Morgan fingerprint density at radius 3 is 2.61 bits per heavy atom. The van der Waals surface area contributed by atoms with Gasteiger partial charge >= 0.3 is 0 Å². The van der Waals surface area contributed by atoms with Gasteiger partial charge < -0.3 is 16.0 Å². The molecule has 172 valence electrons. The number of hydrogen-bond donors (Lipinski definition) is 3. The van der Waals surface area contributed by atoms with Crippen LogP contribution in [0.5, 0.6) is 0 Å². The molecule has 1 aromatic heterocycles. The number of pyridine rings is 1. The van der Waals surface area contributed by atoms with Crippen molar-refractivity contribution in [3.05, 3.63) is 74.3 Å². The molecule has 1 heterocycles. The van der Waals surface area contributed by atoms with Gasteiger partial charge in [-0.2, -0.15) is 0 Å². The van der Waals surface area contributed by atoms with Crippen LogP contribution in [-0.4, -0.2) is 41.4 Å². The maximum atomic E-state index is 13.5. The highest BCUT2D eigenvalue weighted by Crippen LogP contribution is 2.32. The molecule has 33 heavy (non-hydrogen) atoms. The predicted molar refractivity (Wildman–Crippen MR) is 126 cm³/mol. The molecule has 0 aliphatic heterocycles. The van der Waals surface area contributed by atoms with E-state index in [9.17, 15) is 24.1 Å². The molecule has 9 nitrogen and oxygen atoms in total. The van der Waals surface area contributed by atoms with E-state index in [1.54, 1.807) is 0 Å². The van der Waals surface area contributed by atoms with Gasteiger partial charge in [-0.3, -0.25) is 24.7 Å². The molecule has 0 aliphatic rings. The molecule has 1 unspecified atom stereocenters. The van der Waals surface area contributed by atoms with Crippen molar-refractivity contribution in [1.82, 2.24) is 15.6 Å². The largest absolute Gasteiger partial charge is 0.377 e. The number of aromatic nitrogens is 1. The number of nitro benzene ring substituents is 1. The number of fused-ring (bicyclic) bond motifs is 1. The van der Waals surface area contributed by atoms with Gasteiger partial charge in [0.15, 0.2) is 0 Å². The van der Waals surface area contributed by atoms with Crippen LogP contribution in [0.15, 0.2) is 47.2 Å². The van der Waals surface area contributed by atoms with Gasteiger partial charge in [0.1, 0.15) is 11.5 Å². The smallest absolute Gasteiger partial charge is 0.294 e. The van der Waals surface area contributed by atoms with Gasteiger partial charge in [-0.1, -0.05) is 28.9 Å².